The quantitative estimate of drug-likeness (QED) is 0.354. The molecule has 132 valence electrons. The summed E-state index contributed by atoms with van der Waals surface area (Å²) in [6.07, 6.45) is 2.82. The van der Waals surface area contributed by atoms with Gasteiger partial charge < -0.3 is 4.12 Å². The Labute approximate surface area is 144 Å². The molecular weight excluding hydrogens is 320 g/mol. The zero-order valence-electron chi connectivity index (χ0n) is 15.9. The van der Waals surface area contributed by atoms with Gasteiger partial charge in [0, 0.05) is 12.8 Å². The average molecular weight is 355 g/mol. The summed E-state index contributed by atoms with van der Waals surface area (Å²) in [5.41, 5.74) is 1.26. The van der Waals surface area contributed by atoms with Crippen molar-refractivity contribution in [2.75, 3.05) is 0 Å². The number of allylic oxidation sites excluding steroid dienone is 2. The van der Waals surface area contributed by atoms with Gasteiger partial charge in [-0.05, 0) is 76.1 Å². The van der Waals surface area contributed by atoms with E-state index in [4.69, 9.17) is 4.12 Å². The number of hydrogen-bond acceptors (Lipinski definition) is 3. The van der Waals surface area contributed by atoms with Crippen LogP contribution in [0.25, 0.3) is 0 Å². The van der Waals surface area contributed by atoms with Crippen LogP contribution < -0.4 is 0 Å². The fourth-order valence-corrected chi connectivity index (χ4v) is 11.5. The fourth-order valence-electron chi connectivity index (χ4n) is 2.64. The van der Waals surface area contributed by atoms with E-state index >= 15 is 0 Å². The van der Waals surface area contributed by atoms with E-state index in [-0.39, 0.29) is 11.6 Å². The van der Waals surface area contributed by atoms with Crippen LogP contribution >= 0.6 is 0 Å². The number of hydrogen-bond donors (Lipinski definition) is 0. The summed E-state index contributed by atoms with van der Waals surface area (Å²) in [4.78, 5) is 23.4. The Kier molecular flexibility index (Phi) is 9.17. The third-order valence-electron chi connectivity index (χ3n) is 3.72. The average Bonchev–Trinajstić information content (AvgIpc) is 2.35. The predicted molar refractivity (Wildman–Crippen MR) is 104 cm³/mol. The van der Waals surface area contributed by atoms with Crippen molar-refractivity contribution < 1.29 is 13.7 Å². The van der Waals surface area contributed by atoms with Crippen molar-refractivity contribution in [2.45, 2.75) is 77.8 Å². The van der Waals surface area contributed by atoms with Crippen molar-refractivity contribution in [1.82, 2.24) is 0 Å². The fraction of sp³-hybridized carbons (Fsp3) is 0.667. The molecule has 0 bridgehead atoms. The van der Waals surface area contributed by atoms with Gasteiger partial charge in [-0.2, -0.15) is 0 Å². The number of carbonyl (C=O) groups excluding carboxylic acids is 2. The molecule has 0 aromatic carbocycles. The molecule has 0 unspecified atom stereocenters. The highest BCUT2D eigenvalue weighted by atomic mass is 28.4. The first kappa shape index (κ1) is 22.2. The lowest BCUT2D eigenvalue weighted by Crippen LogP contribution is -2.44. The zero-order chi connectivity index (χ0) is 18.3. The third-order valence-corrected chi connectivity index (χ3v) is 11.0. The number of Topliss-reactive ketones (excluding diaryl/α,β-unsaturated/α-hetero) is 2. The minimum absolute atomic E-state index is 0.145. The van der Waals surface area contributed by atoms with Crippen LogP contribution in [0.5, 0.6) is 0 Å². The van der Waals surface area contributed by atoms with Crippen molar-refractivity contribution >= 4 is 28.2 Å². The Bertz CT molecular complexity index is 429. The van der Waals surface area contributed by atoms with E-state index in [1.807, 2.05) is 0 Å². The van der Waals surface area contributed by atoms with Gasteiger partial charge >= 0.3 is 0 Å². The predicted octanol–water partition coefficient (Wildman–Crippen LogP) is 5.26. The summed E-state index contributed by atoms with van der Waals surface area (Å²) in [6.45, 7) is 19.8. The van der Waals surface area contributed by atoms with Crippen molar-refractivity contribution in [2.24, 2.45) is 0 Å². The highest BCUT2D eigenvalue weighted by molar-refractivity contribution is 6.84. The molecule has 0 aliphatic heterocycles. The van der Waals surface area contributed by atoms with Crippen LogP contribution in [0.1, 0.15) is 39.5 Å². The molecular formula is C18H34O3Si2. The highest BCUT2D eigenvalue weighted by Crippen LogP contribution is 2.27. The molecule has 23 heavy (non-hydrogen) atoms. The third kappa shape index (κ3) is 10.6. The maximum absolute atomic E-state index is 11.7. The molecule has 0 fully saturated rings. The van der Waals surface area contributed by atoms with Crippen LogP contribution in [0.15, 0.2) is 24.3 Å². The number of ketones is 2. The van der Waals surface area contributed by atoms with Gasteiger partial charge in [-0.25, -0.2) is 0 Å². The Morgan fingerprint density at radius 2 is 1.17 bits per heavy atom. The van der Waals surface area contributed by atoms with Crippen LogP contribution in [0, 0.1) is 0 Å². The summed E-state index contributed by atoms with van der Waals surface area (Å²) in [5, 5.41) is 0. The van der Waals surface area contributed by atoms with E-state index in [1.54, 1.807) is 13.8 Å². The maximum atomic E-state index is 11.7. The molecule has 0 atom stereocenters. The lowest BCUT2D eigenvalue weighted by atomic mass is 10.1. The Hall–Kier alpha value is -0.786. The van der Waals surface area contributed by atoms with E-state index in [9.17, 15) is 9.59 Å². The minimum Gasteiger partial charge on any atom is -0.456 e. The summed E-state index contributed by atoms with van der Waals surface area (Å²) in [6, 6.07) is 1.94. The van der Waals surface area contributed by atoms with Gasteiger partial charge in [0.25, 0.3) is 0 Å². The second kappa shape index (κ2) is 9.50. The lowest BCUT2D eigenvalue weighted by Gasteiger charge is -2.35. The molecule has 0 N–H and O–H groups in total. The smallest absolute Gasteiger partial charge is 0.176 e. The topological polar surface area (TPSA) is 43.4 Å². The first-order valence-corrected chi connectivity index (χ1v) is 14.7. The molecule has 0 saturated carbocycles. The second-order valence-corrected chi connectivity index (χ2v) is 16.7. The summed E-state index contributed by atoms with van der Waals surface area (Å²) < 4.78 is 6.52. The standard InChI is InChI=1S/C18H34O3Si2/c1-15(2)17(19)11-9-13-23(8,21-22(5,6)7)14-10-12-18(20)16(3)4/h1,3,9-14H2,2,4-8H3. The van der Waals surface area contributed by atoms with Crippen LogP contribution in [0.3, 0.4) is 0 Å². The molecule has 0 aliphatic rings. The van der Waals surface area contributed by atoms with E-state index in [2.05, 4.69) is 39.3 Å². The van der Waals surface area contributed by atoms with E-state index in [0.29, 0.717) is 24.0 Å². The monoisotopic (exact) mass is 354 g/mol. The molecule has 0 radical (unpaired) electrons. The van der Waals surface area contributed by atoms with E-state index < -0.39 is 16.6 Å². The summed E-state index contributed by atoms with van der Waals surface area (Å²) >= 11 is 0. The van der Waals surface area contributed by atoms with Crippen molar-refractivity contribution in [3.8, 4) is 0 Å². The van der Waals surface area contributed by atoms with Crippen molar-refractivity contribution in [3.63, 3.8) is 0 Å². The van der Waals surface area contributed by atoms with Crippen molar-refractivity contribution in [1.29, 1.82) is 0 Å². The van der Waals surface area contributed by atoms with Crippen LogP contribution in [-0.4, -0.2) is 28.2 Å². The molecule has 0 aromatic rings. The second-order valence-electron chi connectivity index (χ2n) is 7.78. The Morgan fingerprint density at radius 3 is 1.43 bits per heavy atom. The van der Waals surface area contributed by atoms with Gasteiger partial charge in [0.1, 0.15) is 0 Å². The first-order valence-electron chi connectivity index (χ1n) is 8.44. The molecule has 0 amide bonds. The maximum Gasteiger partial charge on any atom is 0.176 e. The molecule has 5 heteroatoms. The largest absolute Gasteiger partial charge is 0.456 e. The molecule has 0 heterocycles. The Balaban J connectivity index is 4.63. The first-order chi connectivity index (χ1) is 10.4. The summed E-state index contributed by atoms with van der Waals surface area (Å²) in [5.74, 6) is 0.290. The number of rotatable bonds is 12. The van der Waals surface area contributed by atoms with E-state index in [0.717, 1.165) is 24.9 Å². The SMILES string of the molecule is C=C(C)C(=O)CCC[Si](C)(CCCC(=O)C(=C)C)O[Si](C)(C)C. The molecule has 0 aliphatic carbocycles. The lowest BCUT2D eigenvalue weighted by molar-refractivity contribution is -0.116. The van der Waals surface area contributed by atoms with Gasteiger partial charge in [-0.3, -0.25) is 9.59 Å². The Morgan fingerprint density at radius 1 is 0.826 bits per heavy atom. The van der Waals surface area contributed by atoms with E-state index in [1.165, 1.54) is 0 Å². The van der Waals surface area contributed by atoms with Crippen molar-refractivity contribution in [3.05, 3.63) is 24.3 Å². The van der Waals surface area contributed by atoms with Gasteiger partial charge in [0.2, 0.25) is 0 Å². The van der Waals surface area contributed by atoms with Crippen LogP contribution in [0.4, 0.5) is 0 Å². The van der Waals surface area contributed by atoms with Gasteiger partial charge in [0.15, 0.2) is 28.2 Å². The highest BCUT2D eigenvalue weighted by Gasteiger charge is 2.33. The molecule has 0 saturated heterocycles. The molecule has 0 rings (SSSR count). The van der Waals surface area contributed by atoms with Gasteiger partial charge in [0.05, 0.1) is 0 Å². The van der Waals surface area contributed by atoms with Gasteiger partial charge in [-0.1, -0.05) is 13.2 Å². The minimum atomic E-state index is -1.89. The molecule has 0 spiro atoms. The van der Waals surface area contributed by atoms with Crippen LogP contribution in [-0.2, 0) is 13.7 Å². The van der Waals surface area contributed by atoms with Gasteiger partial charge in [-0.15, -0.1) is 0 Å². The zero-order valence-corrected chi connectivity index (χ0v) is 17.9. The molecule has 0 aromatic heterocycles. The number of carbonyl (C=O) groups is 2. The van der Waals surface area contributed by atoms with Crippen LogP contribution in [0.2, 0.25) is 38.3 Å². The normalized spacial score (nSPS) is 12.1. The summed E-state index contributed by atoms with van der Waals surface area (Å²) in [7, 11) is -3.52. The molecule has 3 nitrogen and oxygen atoms in total.